The first-order valence-electron chi connectivity index (χ1n) is 11.5. The molecule has 5 nitrogen and oxygen atoms in total. The molecule has 33 heavy (non-hydrogen) atoms. The third-order valence-corrected chi connectivity index (χ3v) is 7.00. The minimum Gasteiger partial charge on any atom is -0.445 e. The molecule has 3 aliphatic heterocycles. The zero-order valence-corrected chi connectivity index (χ0v) is 18.2. The Hall–Kier alpha value is -2.74. The Balaban J connectivity index is 1.28. The number of halogens is 3. The van der Waals surface area contributed by atoms with Crippen LogP contribution in [0.4, 0.5) is 18.0 Å². The lowest BCUT2D eigenvalue weighted by Crippen LogP contribution is -2.52. The molecule has 1 aliphatic carbocycles. The van der Waals surface area contributed by atoms with Gasteiger partial charge in [0.15, 0.2) is 0 Å². The van der Waals surface area contributed by atoms with E-state index in [4.69, 9.17) is 4.74 Å². The van der Waals surface area contributed by atoms with E-state index in [1.807, 2.05) is 18.2 Å². The van der Waals surface area contributed by atoms with Crippen molar-refractivity contribution in [3.8, 4) is 16.9 Å². The van der Waals surface area contributed by atoms with Crippen molar-refractivity contribution in [2.75, 3.05) is 19.6 Å². The van der Waals surface area contributed by atoms with Gasteiger partial charge in [0.1, 0.15) is 11.9 Å². The van der Waals surface area contributed by atoms with Crippen molar-refractivity contribution in [1.29, 1.82) is 0 Å². The van der Waals surface area contributed by atoms with Gasteiger partial charge < -0.3 is 14.8 Å². The lowest BCUT2D eigenvalue weighted by molar-refractivity contribution is -0.274. The molecule has 3 heterocycles. The van der Waals surface area contributed by atoms with Gasteiger partial charge in [-0.25, -0.2) is 4.79 Å². The van der Waals surface area contributed by atoms with Crippen LogP contribution in [0.15, 0.2) is 42.5 Å². The smallest absolute Gasteiger partial charge is 0.445 e. The summed E-state index contributed by atoms with van der Waals surface area (Å²) in [5, 5.41) is 3.05. The second-order valence-electron chi connectivity index (χ2n) is 9.16. The van der Waals surface area contributed by atoms with E-state index in [1.165, 1.54) is 12.1 Å². The molecule has 2 aromatic carbocycles. The molecular formula is C25H27F3N2O3. The van der Waals surface area contributed by atoms with Crippen LogP contribution in [0.2, 0.25) is 0 Å². The van der Waals surface area contributed by atoms with Crippen LogP contribution in [0.25, 0.3) is 11.1 Å². The zero-order valence-electron chi connectivity index (χ0n) is 18.2. The van der Waals surface area contributed by atoms with E-state index < -0.39 is 6.36 Å². The van der Waals surface area contributed by atoms with Crippen molar-refractivity contribution in [3.05, 3.63) is 53.6 Å². The summed E-state index contributed by atoms with van der Waals surface area (Å²) in [5.41, 5.74) is 3.60. The molecule has 2 bridgehead atoms. The number of hydrogen-bond donors (Lipinski definition) is 1. The van der Waals surface area contributed by atoms with E-state index >= 15 is 0 Å². The molecule has 1 amide bonds. The Labute approximate surface area is 190 Å². The first kappa shape index (κ1) is 22.1. The topological polar surface area (TPSA) is 50.8 Å². The fourth-order valence-corrected chi connectivity index (χ4v) is 5.37. The minimum absolute atomic E-state index is 0.0378. The fraction of sp³-hybridized carbons (Fsp3) is 0.480. The average Bonchev–Trinajstić information content (AvgIpc) is 2.79. The van der Waals surface area contributed by atoms with Crippen molar-refractivity contribution in [2.45, 2.75) is 50.6 Å². The first-order chi connectivity index (χ1) is 15.8. The normalized spacial score (nSPS) is 26.4. The maximum atomic E-state index is 12.6. The number of rotatable bonds is 4. The number of aryl methyl sites for hydroxylation is 1. The molecule has 8 heteroatoms. The Morgan fingerprint density at radius 3 is 2.55 bits per heavy atom. The Morgan fingerprint density at radius 2 is 1.82 bits per heavy atom. The van der Waals surface area contributed by atoms with Crippen LogP contribution in [0.3, 0.4) is 0 Å². The molecule has 0 spiro atoms. The van der Waals surface area contributed by atoms with E-state index in [0.29, 0.717) is 11.5 Å². The summed E-state index contributed by atoms with van der Waals surface area (Å²) in [7, 11) is 0. The van der Waals surface area contributed by atoms with Gasteiger partial charge in [-0.3, -0.25) is 4.90 Å². The molecule has 0 saturated carbocycles. The third-order valence-electron chi connectivity index (χ3n) is 7.00. The van der Waals surface area contributed by atoms with Crippen molar-refractivity contribution < 1.29 is 27.4 Å². The van der Waals surface area contributed by atoms with Crippen LogP contribution in [-0.4, -0.2) is 43.1 Å². The summed E-state index contributed by atoms with van der Waals surface area (Å²) in [6.07, 6.45) is -0.359. The lowest BCUT2D eigenvalue weighted by atomic mass is 9.85. The largest absolute Gasteiger partial charge is 0.573 e. The van der Waals surface area contributed by atoms with Crippen LogP contribution in [0.5, 0.6) is 5.75 Å². The number of nitrogens with zero attached hydrogens (tertiary/aromatic N) is 1. The van der Waals surface area contributed by atoms with Crippen LogP contribution in [-0.2, 0) is 11.2 Å². The summed E-state index contributed by atoms with van der Waals surface area (Å²) in [6.45, 7) is 3.01. The van der Waals surface area contributed by atoms with Crippen LogP contribution in [0.1, 0.15) is 42.9 Å². The molecule has 4 aliphatic rings. The molecule has 2 aromatic rings. The molecular weight excluding hydrogens is 433 g/mol. The summed E-state index contributed by atoms with van der Waals surface area (Å²) in [4.78, 5) is 15.0. The Morgan fingerprint density at radius 1 is 1.03 bits per heavy atom. The maximum absolute atomic E-state index is 12.6. The number of alkyl carbamates (subject to hydrolysis) is 1. The quantitative estimate of drug-likeness (QED) is 0.659. The second-order valence-corrected chi connectivity index (χ2v) is 9.16. The van der Waals surface area contributed by atoms with Gasteiger partial charge >= 0.3 is 12.5 Å². The van der Waals surface area contributed by atoms with Crippen molar-refractivity contribution in [2.24, 2.45) is 5.92 Å². The van der Waals surface area contributed by atoms with Crippen molar-refractivity contribution in [3.63, 3.8) is 0 Å². The Kier molecular flexibility index (Phi) is 5.95. The summed E-state index contributed by atoms with van der Waals surface area (Å²) in [5.74, 6) is 0.215. The minimum atomic E-state index is -4.73. The number of carbonyl (C=O) groups is 1. The second kappa shape index (κ2) is 8.89. The monoisotopic (exact) mass is 460 g/mol. The number of hydrogen-bond acceptors (Lipinski definition) is 4. The summed E-state index contributed by atoms with van der Waals surface area (Å²) >= 11 is 0. The summed E-state index contributed by atoms with van der Waals surface area (Å²) in [6, 6.07) is 11.7. The lowest BCUT2D eigenvalue weighted by Gasteiger charge is -2.44. The third kappa shape index (κ3) is 5.11. The van der Waals surface area contributed by atoms with Gasteiger partial charge in [-0.05, 0) is 85.5 Å². The van der Waals surface area contributed by atoms with E-state index in [0.717, 1.165) is 68.4 Å². The van der Waals surface area contributed by atoms with E-state index in [1.54, 1.807) is 12.1 Å². The van der Waals surface area contributed by atoms with Gasteiger partial charge in [-0.1, -0.05) is 30.3 Å². The molecule has 2 atom stereocenters. The van der Waals surface area contributed by atoms with Gasteiger partial charge in [0, 0.05) is 6.54 Å². The number of amides is 1. The first-order valence-corrected chi connectivity index (χ1v) is 11.5. The highest BCUT2D eigenvalue weighted by atomic mass is 19.4. The van der Waals surface area contributed by atoms with Gasteiger partial charge in [0.25, 0.3) is 0 Å². The zero-order chi connectivity index (χ0) is 23.0. The Bertz CT molecular complexity index is 1020. The molecule has 3 saturated heterocycles. The van der Waals surface area contributed by atoms with E-state index in [-0.39, 0.29) is 24.0 Å². The number of carbonyl (C=O) groups excluding carboxylic acids is 1. The molecule has 3 fully saturated rings. The summed E-state index contributed by atoms with van der Waals surface area (Å²) < 4.78 is 47.6. The highest BCUT2D eigenvalue weighted by Gasteiger charge is 2.37. The van der Waals surface area contributed by atoms with Gasteiger partial charge in [-0.15, -0.1) is 13.2 Å². The maximum Gasteiger partial charge on any atom is 0.573 e. The van der Waals surface area contributed by atoms with Gasteiger partial charge in [-0.2, -0.15) is 0 Å². The molecule has 0 aromatic heterocycles. The van der Waals surface area contributed by atoms with Crippen LogP contribution >= 0.6 is 0 Å². The predicted molar refractivity (Wildman–Crippen MR) is 117 cm³/mol. The molecule has 0 radical (unpaired) electrons. The molecule has 176 valence electrons. The van der Waals surface area contributed by atoms with Crippen molar-refractivity contribution >= 4 is 6.09 Å². The predicted octanol–water partition coefficient (Wildman–Crippen LogP) is 5.45. The SMILES string of the molecule is O=C(NC1CCCc2cc(-c3cccc(OC(F)(F)F)c3)ccc21)O[C@H]1CN2CCC1CC2. The number of alkyl halides is 3. The number of nitrogens with one attached hydrogen (secondary N) is 1. The van der Waals surface area contributed by atoms with Crippen LogP contribution in [0, 0.1) is 5.92 Å². The van der Waals surface area contributed by atoms with Crippen molar-refractivity contribution in [1.82, 2.24) is 10.2 Å². The number of benzene rings is 2. The van der Waals surface area contributed by atoms with Gasteiger partial charge in [0.05, 0.1) is 6.04 Å². The molecule has 1 N–H and O–H groups in total. The molecule has 6 rings (SSSR count). The van der Waals surface area contributed by atoms with Crippen LogP contribution < -0.4 is 10.1 Å². The fourth-order valence-electron chi connectivity index (χ4n) is 5.37. The average molecular weight is 460 g/mol. The van der Waals surface area contributed by atoms with E-state index in [9.17, 15) is 18.0 Å². The number of piperidine rings is 3. The highest BCUT2D eigenvalue weighted by Crippen LogP contribution is 2.35. The highest BCUT2D eigenvalue weighted by molar-refractivity contribution is 5.70. The molecule has 1 unspecified atom stereocenters. The number of ether oxygens (including phenoxy) is 2. The van der Waals surface area contributed by atoms with E-state index in [2.05, 4.69) is 15.0 Å². The number of fused-ring (bicyclic) bond motifs is 4. The van der Waals surface area contributed by atoms with Gasteiger partial charge in [0.2, 0.25) is 0 Å². The standard InChI is InChI=1S/C25H27F3N2O3/c26-25(27,28)33-20-5-1-3-17(14-20)18-7-8-21-19(13-18)4-2-6-22(21)29-24(31)32-23-15-30-11-9-16(23)10-12-30/h1,3,5,7-8,13-14,16,22-23H,2,4,6,9-12,15H2,(H,29,31)/t22?,23-/m0/s1.